The molecular formula is C22H23N5O2. The number of nitrogens with one attached hydrogen (secondary N) is 2. The first-order valence-electron chi connectivity index (χ1n) is 9.30. The molecule has 0 saturated heterocycles. The molecule has 0 fully saturated rings. The minimum absolute atomic E-state index is 0.0939. The second-order valence-corrected chi connectivity index (χ2v) is 7.11. The zero-order valence-electron chi connectivity index (χ0n) is 16.3. The lowest BCUT2D eigenvalue weighted by Gasteiger charge is -2.27. The third-order valence-electron chi connectivity index (χ3n) is 4.88. The molecule has 1 amide bonds. The van der Waals surface area contributed by atoms with Crippen LogP contribution in [-0.2, 0) is 4.79 Å². The van der Waals surface area contributed by atoms with Gasteiger partial charge in [-0.25, -0.2) is 0 Å². The van der Waals surface area contributed by atoms with Crippen LogP contribution in [0.2, 0.25) is 0 Å². The van der Waals surface area contributed by atoms with E-state index >= 15 is 0 Å². The number of aromatic hydroxyl groups is 1. The first-order valence-corrected chi connectivity index (χ1v) is 9.30. The van der Waals surface area contributed by atoms with Crippen LogP contribution in [0.3, 0.4) is 0 Å². The zero-order valence-corrected chi connectivity index (χ0v) is 16.3. The van der Waals surface area contributed by atoms with Crippen LogP contribution in [0.4, 0.5) is 5.69 Å². The lowest BCUT2D eigenvalue weighted by atomic mass is 10.1. The molecule has 2 heterocycles. The summed E-state index contributed by atoms with van der Waals surface area (Å²) < 4.78 is 0. The maximum atomic E-state index is 11.3. The second kappa shape index (κ2) is 7.27. The summed E-state index contributed by atoms with van der Waals surface area (Å²) in [5.41, 5.74) is 10.3. The smallest absolute Gasteiger partial charge is 0.237 e. The number of carbonyl (C=O) groups excluding carboxylic acids is 1. The molecule has 0 bridgehead atoms. The first-order chi connectivity index (χ1) is 13.9. The van der Waals surface area contributed by atoms with Crippen LogP contribution in [0.25, 0.3) is 5.70 Å². The van der Waals surface area contributed by atoms with Crippen molar-refractivity contribution in [2.24, 2.45) is 5.73 Å². The van der Waals surface area contributed by atoms with E-state index in [2.05, 4.69) is 36.6 Å². The largest absolute Gasteiger partial charge is 0.508 e. The minimum Gasteiger partial charge on any atom is -0.508 e. The molecule has 0 radical (unpaired) electrons. The number of amides is 1. The van der Waals surface area contributed by atoms with Gasteiger partial charge in [0, 0.05) is 29.9 Å². The number of phenols is 1. The number of primary amides is 1. The van der Waals surface area contributed by atoms with E-state index in [1.54, 1.807) is 29.3 Å². The van der Waals surface area contributed by atoms with Crippen LogP contribution >= 0.6 is 0 Å². The second-order valence-electron chi connectivity index (χ2n) is 7.11. The molecule has 2 aromatic carbocycles. The van der Waals surface area contributed by atoms with Gasteiger partial charge < -0.3 is 26.4 Å². The van der Waals surface area contributed by atoms with Crippen LogP contribution in [0.1, 0.15) is 16.7 Å². The molecule has 4 rings (SSSR count). The number of hydrogen-bond donors (Lipinski definition) is 4. The molecule has 2 aromatic rings. The molecular weight excluding hydrogens is 366 g/mol. The molecule has 5 N–H and O–H groups in total. The Hall–Kier alpha value is -3.87. The topological polar surface area (TPSA) is 93.9 Å². The fourth-order valence-electron chi connectivity index (χ4n) is 3.49. The minimum atomic E-state index is -0.409. The molecule has 0 aromatic heterocycles. The van der Waals surface area contributed by atoms with E-state index in [0.717, 1.165) is 39.7 Å². The summed E-state index contributed by atoms with van der Waals surface area (Å²) >= 11 is 0. The van der Waals surface area contributed by atoms with Gasteiger partial charge in [0.15, 0.2) is 0 Å². The van der Waals surface area contributed by atoms with Crippen LogP contribution < -0.4 is 16.4 Å². The molecule has 2 aliphatic rings. The highest BCUT2D eigenvalue weighted by Crippen LogP contribution is 2.35. The lowest BCUT2D eigenvalue weighted by Crippen LogP contribution is -2.32. The van der Waals surface area contributed by atoms with Crippen molar-refractivity contribution in [2.75, 3.05) is 11.9 Å². The Morgan fingerprint density at radius 2 is 1.86 bits per heavy atom. The number of phenolic OH excluding ortho intramolecular Hbond substituents is 1. The first kappa shape index (κ1) is 18.5. The summed E-state index contributed by atoms with van der Waals surface area (Å²) in [7, 11) is 0. The van der Waals surface area contributed by atoms with E-state index in [1.165, 1.54) is 0 Å². The standard InChI is InChI=1S/C22H23N5O2/c1-14-5-3-6-15(2)20(14)25-22-21(16-7-4-8-17(28)11-16)24-19-13-26(12-18(23)29)9-10-27(19)22/h3-11,13,24-25,28H,12H2,1-2H3,(H2,23,29). The van der Waals surface area contributed by atoms with Crippen LogP contribution in [0.15, 0.2) is 72.7 Å². The van der Waals surface area contributed by atoms with Gasteiger partial charge in [-0.1, -0.05) is 30.3 Å². The maximum Gasteiger partial charge on any atom is 0.237 e. The average Bonchev–Trinajstić information content (AvgIpc) is 3.02. The quantitative estimate of drug-likeness (QED) is 0.628. The Balaban J connectivity index is 1.77. The van der Waals surface area contributed by atoms with Crippen molar-refractivity contribution in [3.05, 3.63) is 89.4 Å². The van der Waals surface area contributed by atoms with Crippen molar-refractivity contribution < 1.29 is 9.90 Å². The van der Waals surface area contributed by atoms with E-state index in [4.69, 9.17) is 5.73 Å². The number of rotatable bonds is 5. The highest BCUT2D eigenvalue weighted by Gasteiger charge is 2.30. The fourth-order valence-corrected chi connectivity index (χ4v) is 3.49. The third kappa shape index (κ3) is 3.62. The Kier molecular flexibility index (Phi) is 4.64. The van der Waals surface area contributed by atoms with Crippen LogP contribution in [-0.4, -0.2) is 27.4 Å². The Bertz CT molecular complexity index is 1050. The summed E-state index contributed by atoms with van der Waals surface area (Å²) in [5.74, 6) is 1.39. The molecule has 2 aliphatic heterocycles. The van der Waals surface area contributed by atoms with Gasteiger partial charge in [0.2, 0.25) is 5.91 Å². The molecule has 7 heteroatoms. The van der Waals surface area contributed by atoms with Crippen molar-refractivity contribution in [2.45, 2.75) is 13.8 Å². The number of nitrogens with two attached hydrogens (primary N) is 1. The Morgan fingerprint density at radius 1 is 1.14 bits per heavy atom. The van der Waals surface area contributed by atoms with Gasteiger partial charge in [0.05, 0.1) is 5.70 Å². The molecule has 29 heavy (non-hydrogen) atoms. The number of nitrogens with zero attached hydrogens (tertiary/aromatic N) is 2. The Labute approximate surface area is 169 Å². The summed E-state index contributed by atoms with van der Waals surface area (Å²) in [6.45, 7) is 4.21. The molecule has 148 valence electrons. The summed E-state index contributed by atoms with van der Waals surface area (Å²) in [4.78, 5) is 15.0. The van der Waals surface area contributed by atoms with Gasteiger partial charge >= 0.3 is 0 Å². The molecule has 7 nitrogen and oxygen atoms in total. The predicted molar refractivity (Wildman–Crippen MR) is 113 cm³/mol. The highest BCUT2D eigenvalue weighted by atomic mass is 16.3. The highest BCUT2D eigenvalue weighted by molar-refractivity contribution is 5.78. The van der Waals surface area contributed by atoms with Crippen molar-refractivity contribution >= 4 is 17.3 Å². The van der Waals surface area contributed by atoms with Gasteiger partial charge in [-0.2, -0.15) is 0 Å². The van der Waals surface area contributed by atoms with E-state index in [1.807, 2.05) is 29.4 Å². The van der Waals surface area contributed by atoms with Gasteiger partial charge in [-0.15, -0.1) is 0 Å². The fraction of sp³-hybridized carbons (Fsp3) is 0.136. The van der Waals surface area contributed by atoms with E-state index in [9.17, 15) is 9.90 Å². The SMILES string of the molecule is Cc1cccc(C)c1NC1=C(c2cccc(O)c2)NC2=CN(CC(N)=O)C=CN21. The molecule has 0 saturated carbocycles. The molecule has 0 unspecified atom stereocenters. The average molecular weight is 389 g/mol. The summed E-state index contributed by atoms with van der Waals surface area (Å²) in [5, 5.41) is 16.9. The van der Waals surface area contributed by atoms with Crippen molar-refractivity contribution in [3.8, 4) is 5.75 Å². The number of anilines is 1. The molecule has 0 aliphatic carbocycles. The van der Waals surface area contributed by atoms with E-state index < -0.39 is 5.91 Å². The number of aryl methyl sites for hydroxylation is 2. The zero-order chi connectivity index (χ0) is 20.5. The van der Waals surface area contributed by atoms with E-state index in [0.29, 0.717) is 0 Å². The number of carbonyl (C=O) groups is 1. The van der Waals surface area contributed by atoms with Gasteiger partial charge in [0.1, 0.15) is 23.9 Å². The van der Waals surface area contributed by atoms with Gasteiger partial charge in [-0.05, 0) is 37.1 Å². The predicted octanol–water partition coefficient (Wildman–Crippen LogP) is 2.72. The summed E-state index contributed by atoms with van der Waals surface area (Å²) in [6.07, 6.45) is 5.50. The Morgan fingerprint density at radius 3 is 2.55 bits per heavy atom. The number of fused-ring (bicyclic) bond motifs is 1. The van der Waals surface area contributed by atoms with Crippen molar-refractivity contribution in [1.29, 1.82) is 0 Å². The maximum absolute atomic E-state index is 11.3. The monoisotopic (exact) mass is 389 g/mol. The lowest BCUT2D eigenvalue weighted by molar-refractivity contribution is -0.118. The van der Waals surface area contributed by atoms with Crippen LogP contribution in [0, 0.1) is 13.8 Å². The van der Waals surface area contributed by atoms with Crippen molar-refractivity contribution in [1.82, 2.24) is 15.1 Å². The molecule has 0 spiro atoms. The number of para-hydroxylation sites is 1. The van der Waals surface area contributed by atoms with E-state index in [-0.39, 0.29) is 12.3 Å². The normalized spacial score (nSPS) is 15.2. The van der Waals surface area contributed by atoms with Crippen molar-refractivity contribution in [3.63, 3.8) is 0 Å². The molecule has 0 atom stereocenters. The van der Waals surface area contributed by atoms with Gasteiger partial charge in [-0.3, -0.25) is 9.69 Å². The number of benzene rings is 2. The number of hydrogen-bond acceptors (Lipinski definition) is 6. The van der Waals surface area contributed by atoms with Crippen LogP contribution in [0.5, 0.6) is 5.75 Å². The summed E-state index contributed by atoms with van der Waals surface area (Å²) in [6, 6.07) is 13.2. The third-order valence-corrected chi connectivity index (χ3v) is 4.88. The van der Waals surface area contributed by atoms with Gasteiger partial charge in [0.25, 0.3) is 0 Å².